The molecule has 0 unspecified atom stereocenters. The fourth-order valence-electron chi connectivity index (χ4n) is 3.00. The van der Waals surface area contributed by atoms with Crippen LogP contribution in [0, 0.1) is 6.92 Å². The molecule has 0 aliphatic heterocycles. The summed E-state index contributed by atoms with van der Waals surface area (Å²) in [6.45, 7) is 8.01. The number of benzene rings is 1. The Bertz CT molecular complexity index is 453. The summed E-state index contributed by atoms with van der Waals surface area (Å²) in [5.41, 5.74) is 2.28. The molecule has 1 aromatic rings. The minimum absolute atomic E-state index is 0.417. The summed E-state index contributed by atoms with van der Waals surface area (Å²) < 4.78 is 5.95. The van der Waals surface area contributed by atoms with Crippen molar-refractivity contribution in [2.45, 2.75) is 64.8 Å². The van der Waals surface area contributed by atoms with E-state index in [4.69, 9.17) is 16.3 Å². The van der Waals surface area contributed by atoms with Crippen LogP contribution < -0.4 is 10.1 Å². The average molecular weight is 310 g/mol. The molecule has 1 aliphatic carbocycles. The van der Waals surface area contributed by atoms with Crippen molar-refractivity contribution in [3.63, 3.8) is 0 Å². The van der Waals surface area contributed by atoms with Gasteiger partial charge in [0.15, 0.2) is 0 Å². The third-order valence-corrected chi connectivity index (χ3v) is 4.64. The lowest BCUT2D eigenvalue weighted by molar-refractivity contribution is 0.287. The first-order chi connectivity index (χ1) is 10.1. The normalized spacial score (nSPS) is 16.4. The predicted molar refractivity (Wildman–Crippen MR) is 90.6 cm³/mol. The Hall–Kier alpha value is -0.730. The molecule has 118 valence electrons. The fraction of sp³-hybridized carbons (Fsp3) is 0.667. The highest BCUT2D eigenvalue weighted by Gasteiger charge is 2.13. The number of halogens is 1. The molecule has 2 rings (SSSR count). The van der Waals surface area contributed by atoms with Gasteiger partial charge in [0.25, 0.3) is 0 Å². The maximum Gasteiger partial charge on any atom is 0.122 e. The van der Waals surface area contributed by atoms with Crippen LogP contribution in [0.15, 0.2) is 12.1 Å². The molecule has 0 atom stereocenters. The topological polar surface area (TPSA) is 21.3 Å². The highest BCUT2D eigenvalue weighted by atomic mass is 35.5. The van der Waals surface area contributed by atoms with Crippen molar-refractivity contribution in [3.8, 4) is 5.75 Å². The van der Waals surface area contributed by atoms with Gasteiger partial charge in [0.2, 0.25) is 0 Å². The Kier molecular flexibility index (Phi) is 6.38. The van der Waals surface area contributed by atoms with Gasteiger partial charge in [-0.05, 0) is 48.9 Å². The molecule has 0 saturated heterocycles. The van der Waals surface area contributed by atoms with E-state index in [0.717, 1.165) is 35.1 Å². The highest BCUT2D eigenvalue weighted by Crippen LogP contribution is 2.31. The minimum atomic E-state index is 0.417. The second-order valence-electron chi connectivity index (χ2n) is 6.43. The van der Waals surface area contributed by atoms with E-state index in [9.17, 15) is 0 Å². The Balaban J connectivity index is 1.83. The second-order valence-corrected chi connectivity index (χ2v) is 6.84. The second kappa shape index (κ2) is 8.05. The first kappa shape index (κ1) is 16.6. The van der Waals surface area contributed by atoms with Gasteiger partial charge in [0.05, 0.1) is 0 Å². The van der Waals surface area contributed by atoms with Crippen molar-refractivity contribution < 1.29 is 4.74 Å². The number of hydrogen-bond donors (Lipinski definition) is 1. The molecule has 1 aliphatic rings. The summed E-state index contributed by atoms with van der Waals surface area (Å²) in [6.07, 6.45) is 6.77. The van der Waals surface area contributed by atoms with Gasteiger partial charge in [-0.15, -0.1) is 0 Å². The molecule has 0 spiro atoms. The van der Waals surface area contributed by atoms with Crippen LogP contribution in [-0.2, 0) is 0 Å². The molecule has 1 aromatic carbocycles. The van der Waals surface area contributed by atoms with Gasteiger partial charge in [0, 0.05) is 17.6 Å². The van der Waals surface area contributed by atoms with Crippen molar-refractivity contribution in [1.82, 2.24) is 5.32 Å². The fourth-order valence-corrected chi connectivity index (χ4v) is 3.43. The van der Waals surface area contributed by atoms with Gasteiger partial charge in [-0.3, -0.25) is 0 Å². The molecule has 3 heteroatoms. The minimum Gasteiger partial charge on any atom is -0.492 e. The van der Waals surface area contributed by atoms with Gasteiger partial charge in [-0.2, -0.15) is 0 Å². The quantitative estimate of drug-likeness (QED) is 0.740. The molecule has 0 heterocycles. The van der Waals surface area contributed by atoms with Crippen molar-refractivity contribution in [3.05, 3.63) is 28.3 Å². The predicted octanol–water partition coefficient (Wildman–Crippen LogP) is 5.07. The van der Waals surface area contributed by atoms with Crippen LogP contribution in [-0.4, -0.2) is 19.2 Å². The molecular formula is C18H28ClNO. The van der Waals surface area contributed by atoms with Crippen molar-refractivity contribution in [1.29, 1.82) is 0 Å². The summed E-state index contributed by atoms with van der Waals surface area (Å²) in [7, 11) is 0. The van der Waals surface area contributed by atoms with Gasteiger partial charge < -0.3 is 10.1 Å². The van der Waals surface area contributed by atoms with E-state index < -0.39 is 0 Å². The average Bonchev–Trinajstić information content (AvgIpc) is 2.46. The SMILES string of the molecule is Cc1cc(Cl)c(C(C)C)cc1OCCNC1CCCCC1. The lowest BCUT2D eigenvalue weighted by atomic mass is 9.96. The zero-order valence-corrected chi connectivity index (χ0v) is 14.3. The van der Waals surface area contributed by atoms with Crippen LogP contribution in [0.25, 0.3) is 0 Å². The Morgan fingerprint density at radius 2 is 1.95 bits per heavy atom. The van der Waals surface area contributed by atoms with Gasteiger partial charge >= 0.3 is 0 Å². The molecule has 0 aromatic heterocycles. The first-order valence-electron chi connectivity index (χ1n) is 8.24. The zero-order valence-electron chi connectivity index (χ0n) is 13.5. The van der Waals surface area contributed by atoms with Crippen LogP contribution in [0.3, 0.4) is 0 Å². The van der Waals surface area contributed by atoms with E-state index in [1.54, 1.807) is 0 Å². The number of ether oxygens (including phenoxy) is 1. The largest absolute Gasteiger partial charge is 0.492 e. The summed E-state index contributed by atoms with van der Waals surface area (Å²) in [4.78, 5) is 0. The van der Waals surface area contributed by atoms with E-state index in [0.29, 0.717) is 12.0 Å². The summed E-state index contributed by atoms with van der Waals surface area (Å²) in [5.74, 6) is 1.38. The van der Waals surface area contributed by atoms with Gasteiger partial charge in [0.1, 0.15) is 12.4 Å². The van der Waals surface area contributed by atoms with Crippen LogP contribution in [0.5, 0.6) is 5.75 Å². The van der Waals surface area contributed by atoms with E-state index in [2.05, 4.69) is 32.2 Å². The Labute approximate surface area is 134 Å². The van der Waals surface area contributed by atoms with E-state index in [1.807, 2.05) is 6.07 Å². The molecule has 21 heavy (non-hydrogen) atoms. The molecule has 0 radical (unpaired) electrons. The molecule has 1 N–H and O–H groups in total. The first-order valence-corrected chi connectivity index (χ1v) is 8.62. The molecule has 1 fully saturated rings. The summed E-state index contributed by atoms with van der Waals surface area (Å²) in [5, 5.41) is 4.45. The summed E-state index contributed by atoms with van der Waals surface area (Å²) >= 11 is 6.29. The van der Waals surface area contributed by atoms with Gasteiger partial charge in [-0.25, -0.2) is 0 Å². The maximum absolute atomic E-state index is 6.29. The standard InChI is InChI=1S/C18H28ClNO/c1-13(2)16-12-18(14(3)11-17(16)19)21-10-9-20-15-7-5-4-6-8-15/h11-13,15,20H,4-10H2,1-3H3. The number of hydrogen-bond acceptors (Lipinski definition) is 2. The Morgan fingerprint density at radius 1 is 1.24 bits per heavy atom. The molecule has 0 bridgehead atoms. The van der Waals surface area contributed by atoms with Crippen molar-refractivity contribution in [2.24, 2.45) is 0 Å². The molecule has 2 nitrogen and oxygen atoms in total. The lowest BCUT2D eigenvalue weighted by Gasteiger charge is -2.23. The monoisotopic (exact) mass is 309 g/mol. The lowest BCUT2D eigenvalue weighted by Crippen LogP contribution is -2.34. The van der Waals surface area contributed by atoms with Crippen molar-refractivity contribution in [2.75, 3.05) is 13.2 Å². The van der Waals surface area contributed by atoms with Crippen LogP contribution in [0.1, 0.15) is 63.0 Å². The molecule has 0 amide bonds. The smallest absolute Gasteiger partial charge is 0.122 e. The summed E-state index contributed by atoms with van der Waals surface area (Å²) in [6, 6.07) is 4.81. The third-order valence-electron chi connectivity index (χ3n) is 4.31. The van der Waals surface area contributed by atoms with Crippen LogP contribution >= 0.6 is 11.6 Å². The highest BCUT2D eigenvalue weighted by molar-refractivity contribution is 6.31. The van der Waals surface area contributed by atoms with E-state index >= 15 is 0 Å². The van der Waals surface area contributed by atoms with E-state index in [1.165, 1.54) is 32.1 Å². The Morgan fingerprint density at radius 3 is 2.62 bits per heavy atom. The number of rotatable bonds is 6. The van der Waals surface area contributed by atoms with Crippen molar-refractivity contribution >= 4 is 11.6 Å². The van der Waals surface area contributed by atoms with E-state index in [-0.39, 0.29) is 0 Å². The molecular weight excluding hydrogens is 282 g/mol. The van der Waals surface area contributed by atoms with Crippen LogP contribution in [0.2, 0.25) is 5.02 Å². The number of aryl methyl sites for hydroxylation is 1. The zero-order chi connectivity index (χ0) is 15.2. The van der Waals surface area contributed by atoms with Gasteiger partial charge in [-0.1, -0.05) is 44.7 Å². The van der Waals surface area contributed by atoms with Crippen LogP contribution in [0.4, 0.5) is 0 Å². The third kappa shape index (κ3) is 4.89. The number of nitrogens with one attached hydrogen (secondary N) is 1. The maximum atomic E-state index is 6.29. The molecule has 1 saturated carbocycles.